The van der Waals surface area contributed by atoms with Gasteiger partial charge in [-0.1, -0.05) is 15.9 Å². The topological polar surface area (TPSA) is 20.3 Å². The quantitative estimate of drug-likeness (QED) is 0.782. The van der Waals surface area contributed by atoms with Crippen molar-refractivity contribution in [2.75, 3.05) is 20.1 Å². The number of nitrogens with zero attached hydrogens (tertiary/aromatic N) is 1. The van der Waals surface area contributed by atoms with Crippen LogP contribution in [0.1, 0.15) is 23.2 Å². The molecule has 0 saturated carbocycles. The van der Waals surface area contributed by atoms with Gasteiger partial charge < -0.3 is 4.90 Å². The summed E-state index contributed by atoms with van der Waals surface area (Å²) in [7, 11) is 2.04. The molecule has 1 saturated heterocycles. The zero-order chi connectivity index (χ0) is 12.4. The lowest BCUT2D eigenvalue weighted by atomic mass is 9.89. The Hall–Kier alpha value is -0.740. The van der Waals surface area contributed by atoms with Gasteiger partial charge in [0.05, 0.1) is 5.56 Å². The standard InChI is InChI=1S/C13H15BrFNO/c1-16-6-4-9(5-7-16)13(17)11-8-10(14)2-3-12(11)15/h2-3,8-9H,4-7H2,1H3. The minimum Gasteiger partial charge on any atom is -0.306 e. The number of likely N-dealkylation sites (tertiary alicyclic amines) is 1. The van der Waals surface area contributed by atoms with Crippen molar-refractivity contribution in [2.24, 2.45) is 5.92 Å². The second-order valence-electron chi connectivity index (χ2n) is 4.57. The molecule has 0 aromatic heterocycles. The zero-order valence-corrected chi connectivity index (χ0v) is 11.3. The fourth-order valence-corrected chi connectivity index (χ4v) is 2.54. The third kappa shape index (κ3) is 2.93. The second kappa shape index (κ2) is 5.27. The Balaban J connectivity index is 2.16. The molecule has 0 atom stereocenters. The van der Waals surface area contributed by atoms with Crippen LogP contribution in [0.15, 0.2) is 22.7 Å². The van der Waals surface area contributed by atoms with E-state index in [-0.39, 0.29) is 17.3 Å². The first kappa shape index (κ1) is 12.7. The van der Waals surface area contributed by atoms with Gasteiger partial charge in [-0.3, -0.25) is 4.79 Å². The summed E-state index contributed by atoms with van der Waals surface area (Å²) in [5.74, 6) is -0.510. The maximum absolute atomic E-state index is 13.6. The number of ketones is 1. The van der Waals surface area contributed by atoms with Crippen LogP contribution >= 0.6 is 15.9 Å². The van der Waals surface area contributed by atoms with E-state index in [2.05, 4.69) is 20.8 Å². The third-order valence-corrected chi connectivity index (χ3v) is 3.78. The molecule has 0 bridgehead atoms. The number of halogens is 2. The van der Waals surface area contributed by atoms with E-state index in [1.807, 2.05) is 7.05 Å². The largest absolute Gasteiger partial charge is 0.306 e. The lowest BCUT2D eigenvalue weighted by molar-refractivity contribution is 0.0852. The summed E-state index contributed by atoms with van der Waals surface area (Å²) >= 11 is 3.27. The molecule has 2 nitrogen and oxygen atoms in total. The summed E-state index contributed by atoms with van der Waals surface area (Å²) in [6.45, 7) is 1.82. The van der Waals surface area contributed by atoms with Crippen LogP contribution in [-0.2, 0) is 0 Å². The van der Waals surface area contributed by atoms with Gasteiger partial charge in [0.2, 0.25) is 0 Å². The van der Waals surface area contributed by atoms with E-state index in [1.54, 1.807) is 12.1 Å². The highest BCUT2D eigenvalue weighted by Crippen LogP contribution is 2.24. The van der Waals surface area contributed by atoms with Gasteiger partial charge in [-0.25, -0.2) is 4.39 Å². The number of carbonyl (C=O) groups is 1. The molecule has 92 valence electrons. The van der Waals surface area contributed by atoms with Gasteiger partial charge in [-0.2, -0.15) is 0 Å². The van der Waals surface area contributed by atoms with E-state index < -0.39 is 5.82 Å². The average molecular weight is 300 g/mol. The summed E-state index contributed by atoms with van der Waals surface area (Å²) < 4.78 is 14.3. The molecular formula is C13H15BrFNO. The Kier molecular flexibility index (Phi) is 3.94. The van der Waals surface area contributed by atoms with Crippen LogP contribution in [0.2, 0.25) is 0 Å². The molecule has 1 aliphatic rings. The molecule has 0 radical (unpaired) electrons. The SMILES string of the molecule is CN1CCC(C(=O)c2cc(Br)ccc2F)CC1. The van der Waals surface area contributed by atoms with Crippen molar-refractivity contribution >= 4 is 21.7 Å². The Morgan fingerprint density at radius 2 is 2.06 bits per heavy atom. The first-order valence-corrected chi connectivity index (χ1v) is 6.55. The number of hydrogen-bond acceptors (Lipinski definition) is 2. The summed E-state index contributed by atoms with van der Waals surface area (Å²) in [6, 6.07) is 4.53. The molecule has 0 aliphatic carbocycles. The van der Waals surface area contributed by atoms with Crippen molar-refractivity contribution in [1.82, 2.24) is 4.90 Å². The molecule has 2 rings (SSSR count). The number of rotatable bonds is 2. The Morgan fingerprint density at radius 1 is 1.41 bits per heavy atom. The lowest BCUT2D eigenvalue weighted by Gasteiger charge is -2.28. The number of benzene rings is 1. The van der Waals surface area contributed by atoms with Gasteiger partial charge in [0.1, 0.15) is 5.82 Å². The monoisotopic (exact) mass is 299 g/mol. The number of piperidine rings is 1. The van der Waals surface area contributed by atoms with Gasteiger partial charge >= 0.3 is 0 Å². The maximum atomic E-state index is 13.6. The fraction of sp³-hybridized carbons (Fsp3) is 0.462. The van der Waals surface area contributed by atoms with E-state index in [0.29, 0.717) is 0 Å². The molecule has 0 amide bonds. The molecular weight excluding hydrogens is 285 g/mol. The predicted octanol–water partition coefficient (Wildman–Crippen LogP) is 3.11. The van der Waals surface area contributed by atoms with E-state index in [0.717, 1.165) is 30.4 Å². The fourth-order valence-electron chi connectivity index (χ4n) is 2.18. The summed E-state index contributed by atoms with van der Waals surface area (Å²) in [5, 5.41) is 0. The lowest BCUT2D eigenvalue weighted by Crippen LogP contribution is -2.33. The van der Waals surface area contributed by atoms with Gasteiger partial charge in [-0.05, 0) is 51.2 Å². The highest BCUT2D eigenvalue weighted by Gasteiger charge is 2.26. The van der Waals surface area contributed by atoms with Crippen LogP contribution in [-0.4, -0.2) is 30.8 Å². The highest BCUT2D eigenvalue weighted by atomic mass is 79.9. The normalized spacial score (nSPS) is 18.3. The van der Waals surface area contributed by atoms with E-state index in [1.165, 1.54) is 6.07 Å². The molecule has 1 heterocycles. The first-order chi connectivity index (χ1) is 8.08. The second-order valence-corrected chi connectivity index (χ2v) is 5.48. The van der Waals surface area contributed by atoms with Crippen molar-refractivity contribution in [3.63, 3.8) is 0 Å². The van der Waals surface area contributed by atoms with Crippen LogP contribution in [0.25, 0.3) is 0 Å². The molecule has 0 unspecified atom stereocenters. The van der Waals surface area contributed by atoms with Gasteiger partial charge in [0.25, 0.3) is 0 Å². The minimum atomic E-state index is -0.419. The van der Waals surface area contributed by atoms with Gasteiger partial charge in [-0.15, -0.1) is 0 Å². The molecule has 0 spiro atoms. The van der Waals surface area contributed by atoms with Crippen molar-refractivity contribution in [1.29, 1.82) is 0 Å². The maximum Gasteiger partial charge on any atom is 0.169 e. The van der Waals surface area contributed by atoms with Crippen molar-refractivity contribution in [3.05, 3.63) is 34.1 Å². The van der Waals surface area contributed by atoms with Crippen molar-refractivity contribution < 1.29 is 9.18 Å². The number of hydrogen-bond donors (Lipinski definition) is 0. The molecule has 0 N–H and O–H groups in total. The smallest absolute Gasteiger partial charge is 0.169 e. The van der Waals surface area contributed by atoms with Crippen LogP contribution in [0.3, 0.4) is 0 Å². The van der Waals surface area contributed by atoms with Gasteiger partial charge in [0.15, 0.2) is 5.78 Å². The minimum absolute atomic E-state index is 0.0324. The van der Waals surface area contributed by atoms with Gasteiger partial charge in [0, 0.05) is 10.4 Å². The van der Waals surface area contributed by atoms with Crippen LogP contribution in [0.4, 0.5) is 4.39 Å². The summed E-state index contributed by atoms with van der Waals surface area (Å²) in [5.41, 5.74) is 0.217. The summed E-state index contributed by atoms with van der Waals surface area (Å²) in [4.78, 5) is 14.4. The number of Topliss-reactive ketones (excluding diaryl/α,β-unsaturated/α-hetero) is 1. The average Bonchev–Trinajstić information content (AvgIpc) is 2.32. The number of carbonyl (C=O) groups excluding carboxylic acids is 1. The molecule has 1 fully saturated rings. The molecule has 1 aromatic carbocycles. The molecule has 1 aromatic rings. The Morgan fingerprint density at radius 3 is 2.71 bits per heavy atom. The van der Waals surface area contributed by atoms with Crippen LogP contribution in [0, 0.1) is 11.7 Å². The van der Waals surface area contributed by atoms with E-state index in [9.17, 15) is 9.18 Å². The highest BCUT2D eigenvalue weighted by molar-refractivity contribution is 9.10. The Labute approximate surface area is 109 Å². The molecule has 17 heavy (non-hydrogen) atoms. The van der Waals surface area contributed by atoms with Crippen molar-refractivity contribution in [2.45, 2.75) is 12.8 Å². The molecule has 4 heteroatoms. The predicted molar refractivity (Wildman–Crippen MR) is 68.7 cm³/mol. The van der Waals surface area contributed by atoms with Crippen molar-refractivity contribution in [3.8, 4) is 0 Å². The van der Waals surface area contributed by atoms with E-state index in [4.69, 9.17) is 0 Å². The zero-order valence-electron chi connectivity index (χ0n) is 9.75. The Bertz CT molecular complexity index is 427. The summed E-state index contributed by atoms with van der Waals surface area (Å²) in [6.07, 6.45) is 1.64. The molecule has 1 aliphatic heterocycles. The van der Waals surface area contributed by atoms with E-state index >= 15 is 0 Å². The third-order valence-electron chi connectivity index (χ3n) is 3.28. The first-order valence-electron chi connectivity index (χ1n) is 5.75. The van der Waals surface area contributed by atoms with Crippen LogP contribution < -0.4 is 0 Å². The van der Waals surface area contributed by atoms with Crippen LogP contribution in [0.5, 0.6) is 0 Å².